The second-order valence-corrected chi connectivity index (χ2v) is 43.9. The van der Waals surface area contributed by atoms with Gasteiger partial charge in [-0.05, 0) is 309 Å². The molecule has 8 saturated heterocycles. The molecule has 2 unspecified atom stereocenters. The SMILES string of the molecule is C.C.C.CC1(C)CC(C(CC(C)(C)C2OCC3(CO2)COC(C(C)(C)CC(C2CC(C)(C)NC(C)(C)C2)(C2CC(C)(C)NC(C)(C)C2)C2CC(C)(C)NC(C)(C)C2)OC3)(C2CC(C)(C)NC(C)(C)C2)C2CC(C)(C)NC(C)(C)C2)CC(C)(C)N1.COC(=O)CC(C(=O)OC)C(CC(C)=O)C(=O)OC. The molecule has 17 nitrogen and oxygen atoms in total. The number of hydrogen-bond donors (Lipinski definition) is 6. The van der Waals surface area contributed by atoms with Crippen molar-refractivity contribution in [2.75, 3.05) is 47.8 Å². The average Bonchev–Trinajstić information content (AvgIpc) is 0.717. The summed E-state index contributed by atoms with van der Waals surface area (Å²) in [5, 5.41) is 24.9. The molecule has 17 heteroatoms. The number of methoxy groups -OCH3 is 3. The van der Waals surface area contributed by atoms with Crippen LogP contribution in [0.15, 0.2) is 0 Å². The van der Waals surface area contributed by atoms with E-state index in [1.54, 1.807) is 0 Å². The summed E-state index contributed by atoms with van der Waals surface area (Å²) >= 11 is 0. The van der Waals surface area contributed by atoms with Crippen LogP contribution in [0, 0.1) is 74.4 Å². The maximum Gasteiger partial charge on any atom is 0.310 e. The first-order chi connectivity index (χ1) is 45.0. The molecule has 2 atom stereocenters. The Morgan fingerprint density at radius 2 is 0.524 bits per heavy atom. The van der Waals surface area contributed by atoms with Crippen molar-refractivity contribution in [1.29, 1.82) is 0 Å². The Morgan fingerprint density at radius 1 is 0.340 bits per heavy atom. The lowest BCUT2D eigenvalue weighted by atomic mass is 9.44. The predicted octanol–water partition coefficient (Wildman–Crippen LogP) is 16.9. The van der Waals surface area contributed by atoms with Crippen LogP contribution in [0.2, 0.25) is 0 Å². The fourth-order valence-corrected chi connectivity index (χ4v) is 24.7. The zero-order chi connectivity index (χ0) is 75.9. The Bertz CT molecular complexity index is 2410. The van der Waals surface area contributed by atoms with Gasteiger partial charge in [0.25, 0.3) is 0 Å². The standard InChI is InChI=1S/C71H134N6O4.C12H18O7.3CH4/c1-55(2,41-70(47-29-57(5,6)72-58(7,8)30-47,48-31-59(9,10)73-60(11,12)32-48)49-33-61(13,14)74-62(15,16)34-49)53-78-43-69(44-79-53)45-80-54(81-46-69)56(3,4)42-71(50-35-63(17,18)75-64(19,20)36-50,51-37-65(21,22)76-66(23,24)38-51)52-39-67(25,26)77-68(27,28)40-52;1-7(13)5-8(11(15)18-3)9(12(16)19-4)6-10(14)17-2;;;/h47-54,72-77H,29-46H2,1-28H3;8-9H,5-6H2,1-4H3;3*1H4. The van der Waals surface area contributed by atoms with E-state index in [0.29, 0.717) is 61.9 Å². The first kappa shape index (κ1) is 93.1. The lowest BCUT2D eigenvalue weighted by Crippen LogP contribution is -2.68. The van der Waals surface area contributed by atoms with Crippen LogP contribution >= 0.6 is 0 Å². The number of carbonyl (C=O) groups is 4. The first-order valence-corrected chi connectivity index (χ1v) is 39.0. The van der Waals surface area contributed by atoms with E-state index in [-0.39, 0.29) is 147 Å². The quantitative estimate of drug-likeness (QED) is 0.0525. The second kappa shape index (κ2) is 31.8. The number of piperidine rings is 6. The van der Waals surface area contributed by atoms with Gasteiger partial charge in [-0.1, -0.05) is 50.0 Å². The van der Waals surface area contributed by atoms with Crippen molar-refractivity contribution in [3.63, 3.8) is 0 Å². The Hall–Kier alpha value is -2.32. The van der Waals surface area contributed by atoms with Crippen molar-refractivity contribution in [2.45, 2.75) is 405 Å². The molecular weight excluding hydrogens is 1290 g/mol. The molecule has 8 heterocycles. The van der Waals surface area contributed by atoms with E-state index < -0.39 is 29.7 Å². The smallest absolute Gasteiger partial charge is 0.310 e. The first-order valence-electron chi connectivity index (χ1n) is 39.0. The zero-order valence-corrected chi connectivity index (χ0v) is 69.9. The number of rotatable bonds is 19. The molecule has 8 aliphatic rings. The van der Waals surface area contributed by atoms with Crippen molar-refractivity contribution in [3.05, 3.63) is 0 Å². The van der Waals surface area contributed by atoms with E-state index in [4.69, 9.17) is 18.9 Å². The van der Waals surface area contributed by atoms with Gasteiger partial charge in [-0.3, -0.25) is 14.4 Å². The highest BCUT2D eigenvalue weighted by Gasteiger charge is 2.65. The largest absolute Gasteiger partial charge is 0.469 e. The Labute approximate surface area is 631 Å². The monoisotopic (exact) mass is 1460 g/mol. The number of ether oxygens (including phenoxy) is 7. The minimum atomic E-state index is -1.10. The van der Waals surface area contributed by atoms with E-state index >= 15 is 0 Å². The maximum absolute atomic E-state index is 11.7. The molecule has 103 heavy (non-hydrogen) atoms. The van der Waals surface area contributed by atoms with E-state index in [1.807, 2.05) is 0 Å². The van der Waals surface area contributed by atoms with Gasteiger partial charge in [-0.25, -0.2) is 0 Å². The summed E-state index contributed by atoms with van der Waals surface area (Å²) in [6.45, 7) is 73.2. The molecule has 0 saturated carbocycles. The van der Waals surface area contributed by atoms with Gasteiger partial charge < -0.3 is 69.9 Å². The molecule has 0 bridgehead atoms. The van der Waals surface area contributed by atoms with Gasteiger partial charge in [0.15, 0.2) is 12.6 Å². The van der Waals surface area contributed by atoms with Crippen molar-refractivity contribution in [3.8, 4) is 0 Å². The minimum Gasteiger partial charge on any atom is -0.469 e. The Kier molecular flexibility index (Phi) is 28.7. The second-order valence-electron chi connectivity index (χ2n) is 43.9. The van der Waals surface area contributed by atoms with Crippen LogP contribution in [0.25, 0.3) is 0 Å². The molecule has 8 rings (SSSR count). The van der Waals surface area contributed by atoms with Crippen molar-refractivity contribution in [2.24, 2.45) is 74.4 Å². The topological polar surface area (TPSA) is 205 Å². The van der Waals surface area contributed by atoms with Crippen LogP contribution in [0.3, 0.4) is 0 Å². The van der Waals surface area contributed by atoms with Gasteiger partial charge >= 0.3 is 17.9 Å². The molecule has 1 spiro atoms. The summed E-state index contributed by atoms with van der Waals surface area (Å²) in [5.74, 6) is -1.50. The third-order valence-corrected chi connectivity index (χ3v) is 25.3. The van der Waals surface area contributed by atoms with E-state index in [9.17, 15) is 19.2 Å². The fourth-order valence-electron chi connectivity index (χ4n) is 24.7. The molecule has 0 aliphatic carbocycles. The number of carbonyl (C=O) groups excluding carboxylic acids is 4. The summed E-state index contributed by atoms with van der Waals surface area (Å²) in [7, 11) is 3.44. The number of Topliss-reactive ketones (excluding diaryl/α,β-unsaturated/α-hetero) is 1. The molecule has 0 aromatic rings. The third-order valence-electron chi connectivity index (χ3n) is 25.3. The highest BCUT2D eigenvalue weighted by atomic mass is 16.7. The Morgan fingerprint density at radius 3 is 0.689 bits per heavy atom. The van der Waals surface area contributed by atoms with Gasteiger partial charge in [-0.2, -0.15) is 0 Å². The molecule has 0 amide bonds. The number of esters is 3. The summed E-state index contributed by atoms with van der Waals surface area (Å²) in [5.41, 5.74) is -0.672. The molecule has 6 N–H and O–H groups in total. The van der Waals surface area contributed by atoms with Crippen molar-refractivity contribution in [1.82, 2.24) is 31.9 Å². The summed E-state index contributed by atoms with van der Waals surface area (Å²) in [4.78, 5) is 45.7. The van der Waals surface area contributed by atoms with Crippen molar-refractivity contribution >= 4 is 23.7 Å². The predicted molar refractivity (Wildman–Crippen MR) is 423 cm³/mol. The maximum atomic E-state index is 11.7. The van der Waals surface area contributed by atoms with Crippen LogP contribution < -0.4 is 31.9 Å². The van der Waals surface area contributed by atoms with Crippen LogP contribution in [0.5, 0.6) is 0 Å². The van der Waals surface area contributed by atoms with Gasteiger partial charge in [-0.15, -0.1) is 0 Å². The van der Waals surface area contributed by atoms with Gasteiger partial charge in [0.2, 0.25) is 0 Å². The molecule has 0 radical (unpaired) electrons. The number of hydrogen-bond acceptors (Lipinski definition) is 17. The van der Waals surface area contributed by atoms with Crippen LogP contribution in [-0.2, 0) is 52.3 Å². The number of nitrogens with one attached hydrogen (secondary N) is 6. The van der Waals surface area contributed by atoms with Gasteiger partial charge in [0.1, 0.15) is 5.78 Å². The normalized spacial score (nSPS) is 29.7. The summed E-state index contributed by atoms with van der Waals surface area (Å²) in [6.07, 6.45) is 14.9. The fraction of sp³-hybridized carbons (Fsp3) is 0.953. The lowest BCUT2D eigenvalue weighted by molar-refractivity contribution is -0.340. The van der Waals surface area contributed by atoms with Crippen LogP contribution in [0.1, 0.15) is 326 Å². The molecule has 0 aromatic carbocycles. The van der Waals surface area contributed by atoms with Gasteiger partial charge in [0.05, 0.1) is 71.4 Å². The molecule has 604 valence electrons. The molecule has 0 aromatic heterocycles. The third kappa shape index (κ3) is 22.9. The minimum absolute atomic E-state index is 0. The highest BCUT2D eigenvalue weighted by molar-refractivity contribution is 5.89. The van der Waals surface area contributed by atoms with Gasteiger partial charge in [0, 0.05) is 83.7 Å². The van der Waals surface area contributed by atoms with Crippen molar-refractivity contribution < 1.29 is 52.3 Å². The van der Waals surface area contributed by atoms with Crippen LogP contribution in [0.4, 0.5) is 0 Å². The number of ketones is 1. The summed E-state index contributed by atoms with van der Waals surface area (Å²) in [6, 6.07) is 0. The molecule has 8 fully saturated rings. The molecule has 8 aliphatic heterocycles. The van der Waals surface area contributed by atoms with E-state index in [0.717, 1.165) is 34.2 Å². The zero-order valence-electron chi connectivity index (χ0n) is 69.9. The summed E-state index contributed by atoms with van der Waals surface area (Å²) < 4.78 is 42.8. The van der Waals surface area contributed by atoms with E-state index in [1.165, 1.54) is 84.0 Å². The Balaban J connectivity index is 0.000000893. The average molecular weight is 1460 g/mol. The van der Waals surface area contributed by atoms with E-state index in [2.05, 4.69) is 240 Å². The molecular formula is C86H164N6O11. The highest BCUT2D eigenvalue weighted by Crippen LogP contribution is 2.67. The van der Waals surface area contributed by atoms with Crippen LogP contribution in [-0.4, -0.2) is 150 Å². The lowest BCUT2D eigenvalue weighted by Gasteiger charge is -2.66.